The second-order valence-electron chi connectivity index (χ2n) is 7.12. The molecule has 4 rings (SSSR count). The van der Waals surface area contributed by atoms with Gasteiger partial charge in [-0.15, -0.1) is 0 Å². The van der Waals surface area contributed by atoms with Crippen molar-refractivity contribution in [2.75, 3.05) is 0 Å². The molecule has 4 aromatic rings. The first-order valence-corrected chi connectivity index (χ1v) is 9.30. The van der Waals surface area contributed by atoms with Crippen LogP contribution < -0.4 is 5.73 Å². The van der Waals surface area contributed by atoms with Gasteiger partial charge < -0.3 is 10.3 Å². The van der Waals surface area contributed by atoms with Crippen molar-refractivity contribution in [1.82, 2.24) is 9.55 Å². The van der Waals surface area contributed by atoms with Crippen molar-refractivity contribution >= 4 is 21.8 Å². The second kappa shape index (κ2) is 6.93. The maximum Gasteiger partial charge on any atom is 0.0707 e. The summed E-state index contributed by atoms with van der Waals surface area (Å²) in [5.41, 5.74) is 12.5. The van der Waals surface area contributed by atoms with E-state index >= 15 is 0 Å². The third-order valence-electron chi connectivity index (χ3n) is 5.24. The molecule has 26 heavy (non-hydrogen) atoms. The zero-order valence-corrected chi connectivity index (χ0v) is 15.4. The minimum absolute atomic E-state index is 0.0882. The van der Waals surface area contributed by atoms with Crippen LogP contribution in [-0.2, 0) is 6.54 Å². The average molecular weight is 343 g/mol. The molecule has 0 fully saturated rings. The molecule has 3 nitrogen and oxygen atoms in total. The first-order valence-electron chi connectivity index (χ1n) is 9.30. The summed E-state index contributed by atoms with van der Waals surface area (Å²) in [5.74, 6) is 0. The molecule has 0 aliphatic carbocycles. The number of aryl methyl sites for hydroxylation is 3. The van der Waals surface area contributed by atoms with Crippen molar-refractivity contribution in [1.29, 1.82) is 0 Å². The molecule has 3 heteroatoms. The van der Waals surface area contributed by atoms with Crippen LogP contribution >= 0.6 is 0 Å². The summed E-state index contributed by atoms with van der Waals surface area (Å²) < 4.78 is 2.43. The van der Waals surface area contributed by atoms with E-state index in [4.69, 9.17) is 5.73 Å². The van der Waals surface area contributed by atoms with Crippen LogP contribution in [0.2, 0.25) is 0 Å². The minimum atomic E-state index is 0.0882. The highest BCUT2D eigenvalue weighted by molar-refractivity contribution is 6.08. The van der Waals surface area contributed by atoms with Crippen molar-refractivity contribution in [3.8, 4) is 0 Å². The molecule has 2 aromatic heterocycles. The Bertz CT molecular complexity index is 1050. The Hall–Kier alpha value is -2.65. The Labute approximate surface area is 154 Å². The lowest BCUT2D eigenvalue weighted by Gasteiger charge is -2.14. The molecule has 132 valence electrons. The van der Waals surface area contributed by atoms with Gasteiger partial charge in [-0.3, -0.25) is 4.98 Å². The predicted octanol–water partition coefficient (Wildman–Crippen LogP) is 5.29. The standard InChI is InChI=1S/C23H25N3/c1-16-10-11-19-20-12-13-25-17(2)23(20)26(22(19)15-16)14-6-9-21(24)18-7-4-3-5-8-18/h3-5,7-8,10-13,15,21H,6,9,14,24H2,1-2H3. The molecule has 0 aliphatic heterocycles. The molecule has 0 amide bonds. The zero-order valence-electron chi connectivity index (χ0n) is 15.4. The summed E-state index contributed by atoms with van der Waals surface area (Å²) in [6, 6.07) is 19.3. The van der Waals surface area contributed by atoms with Gasteiger partial charge in [0.1, 0.15) is 0 Å². The van der Waals surface area contributed by atoms with Gasteiger partial charge in [0.2, 0.25) is 0 Å². The van der Waals surface area contributed by atoms with Gasteiger partial charge in [0, 0.05) is 35.1 Å². The molecular formula is C23H25N3. The van der Waals surface area contributed by atoms with Gasteiger partial charge in [-0.1, -0.05) is 42.5 Å². The SMILES string of the molecule is Cc1ccc2c3ccnc(C)c3n(CCCC(N)c3ccccc3)c2c1. The largest absolute Gasteiger partial charge is 0.339 e. The lowest BCUT2D eigenvalue weighted by atomic mass is 10.0. The van der Waals surface area contributed by atoms with Crippen molar-refractivity contribution in [2.45, 2.75) is 39.3 Å². The summed E-state index contributed by atoms with van der Waals surface area (Å²) in [5, 5.41) is 2.60. The molecule has 0 aliphatic rings. The highest BCUT2D eigenvalue weighted by atomic mass is 15.0. The third kappa shape index (κ3) is 2.99. The summed E-state index contributed by atoms with van der Waals surface area (Å²) >= 11 is 0. The molecule has 2 N–H and O–H groups in total. The van der Waals surface area contributed by atoms with E-state index in [0.717, 1.165) is 25.1 Å². The van der Waals surface area contributed by atoms with Crippen LogP contribution in [0.3, 0.4) is 0 Å². The third-order valence-corrected chi connectivity index (χ3v) is 5.24. The Balaban J connectivity index is 1.66. The molecule has 0 radical (unpaired) electrons. The van der Waals surface area contributed by atoms with E-state index in [9.17, 15) is 0 Å². The summed E-state index contributed by atoms with van der Waals surface area (Å²) in [7, 11) is 0. The number of fused-ring (bicyclic) bond motifs is 3. The number of nitrogens with zero attached hydrogens (tertiary/aromatic N) is 2. The molecule has 2 aromatic carbocycles. The van der Waals surface area contributed by atoms with E-state index < -0.39 is 0 Å². The predicted molar refractivity (Wildman–Crippen MR) is 109 cm³/mol. The summed E-state index contributed by atoms with van der Waals surface area (Å²) in [6.07, 6.45) is 3.92. The fourth-order valence-electron chi connectivity index (χ4n) is 3.90. The molecule has 0 bridgehead atoms. The fourth-order valence-corrected chi connectivity index (χ4v) is 3.90. The van der Waals surface area contributed by atoms with Crippen molar-refractivity contribution in [3.05, 3.63) is 77.6 Å². The van der Waals surface area contributed by atoms with E-state index in [-0.39, 0.29) is 6.04 Å². The van der Waals surface area contributed by atoms with Gasteiger partial charge in [-0.05, 0) is 49.9 Å². The average Bonchev–Trinajstić information content (AvgIpc) is 2.97. The molecule has 0 spiro atoms. The topological polar surface area (TPSA) is 43.8 Å². The maximum absolute atomic E-state index is 6.39. The first kappa shape index (κ1) is 16.8. The van der Waals surface area contributed by atoms with Crippen LogP contribution in [0, 0.1) is 13.8 Å². The van der Waals surface area contributed by atoms with Crippen LogP contribution in [0.1, 0.15) is 35.7 Å². The smallest absolute Gasteiger partial charge is 0.0707 e. The van der Waals surface area contributed by atoms with Crippen LogP contribution in [-0.4, -0.2) is 9.55 Å². The molecular weight excluding hydrogens is 318 g/mol. The van der Waals surface area contributed by atoms with Gasteiger partial charge in [0.05, 0.1) is 11.2 Å². The van der Waals surface area contributed by atoms with Gasteiger partial charge in [0.15, 0.2) is 0 Å². The van der Waals surface area contributed by atoms with Gasteiger partial charge in [0.25, 0.3) is 0 Å². The quantitative estimate of drug-likeness (QED) is 0.535. The first-order chi connectivity index (χ1) is 12.6. The number of pyridine rings is 1. The normalized spacial score (nSPS) is 12.7. The van der Waals surface area contributed by atoms with E-state index in [0.29, 0.717) is 0 Å². The minimum Gasteiger partial charge on any atom is -0.339 e. The molecule has 1 unspecified atom stereocenters. The number of hydrogen-bond donors (Lipinski definition) is 1. The fraction of sp³-hybridized carbons (Fsp3) is 0.261. The van der Waals surface area contributed by atoms with Crippen molar-refractivity contribution in [3.63, 3.8) is 0 Å². The number of rotatable bonds is 5. The van der Waals surface area contributed by atoms with Crippen molar-refractivity contribution in [2.24, 2.45) is 5.73 Å². The van der Waals surface area contributed by atoms with E-state index in [1.807, 2.05) is 12.3 Å². The van der Waals surface area contributed by atoms with Crippen molar-refractivity contribution < 1.29 is 0 Å². The van der Waals surface area contributed by atoms with Gasteiger partial charge in [-0.2, -0.15) is 0 Å². The maximum atomic E-state index is 6.39. The summed E-state index contributed by atoms with van der Waals surface area (Å²) in [6.45, 7) is 5.20. The number of nitrogens with two attached hydrogens (primary N) is 1. The molecule has 2 heterocycles. The Kier molecular flexibility index (Phi) is 4.48. The van der Waals surface area contributed by atoms with Gasteiger partial charge in [-0.25, -0.2) is 0 Å². The Morgan fingerprint density at radius 3 is 2.62 bits per heavy atom. The number of hydrogen-bond acceptors (Lipinski definition) is 2. The van der Waals surface area contributed by atoms with E-state index in [1.54, 1.807) is 0 Å². The lowest BCUT2D eigenvalue weighted by molar-refractivity contribution is 0.564. The highest BCUT2D eigenvalue weighted by Crippen LogP contribution is 2.31. The van der Waals surface area contributed by atoms with Crippen LogP contribution in [0.15, 0.2) is 60.8 Å². The molecule has 1 atom stereocenters. The summed E-state index contributed by atoms with van der Waals surface area (Å²) in [4.78, 5) is 4.53. The molecule has 0 saturated heterocycles. The van der Waals surface area contributed by atoms with Gasteiger partial charge >= 0.3 is 0 Å². The van der Waals surface area contributed by atoms with Crippen LogP contribution in [0.5, 0.6) is 0 Å². The highest BCUT2D eigenvalue weighted by Gasteiger charge is 2.13. The van der Waals surface area contributed by atoms with Crippen LogP contribution in [0.4, 0.5) is 0 Å². The zero-order chi connectivity index (χ0) is 18.1. The van der Waals surface area contributed by atoms with E-state index in [2.05, 4.69) is 71.9 Å². The van der Waals surface area contributed by atoms with Crippen LogP contribution in [0.25, 0.3) is 21.8 Å². The second-order valence-corrected chi connectivity index (χ2v) is 7.12. The number of aromatic nitrogens is 2. The Morgan fingerprint density at radius 2 is 1.81 bits per heavy atom. The van der Waals surface area contributed by atoms with E-state index in [1.165, 1.54) is 32.9 Å². The molecule has 0 saturated carbocycles. The lowest BCUT2D eigenvalue weighted by Crippen LogP contribution is -2.11. The Morgan fingerprint density at radius 1 is 1.00 bits per heavy atom. The number of benzene rings is 2. The monoisotopic (exact) mass is 343 g/mol.